The van der Waals surface area contributed by atoms with E-state index in [1.165, 1.54) is 31.2 Å². The highest BCUT2D eigenvalue weighted by molar-refractivity contribution is 9.10. The number of aromatic nitrogens is 1. The summed E-state index contributed by atoms with van der Waals surface area (Å²) in [6, 6.07) is 2.80. The van der Waals surface area contributed by atoms with E-state index in [4.69, 9.17) is 0 Å². The summed E-state index contributed by atoms with van der Waals surface area (Å²) in [7, 11) is 0. The molecule has 106 valence electrons. The second-order valence-electron chi connectivity index (χ2n) is 5.91. The smallest absolute Gasteiger partial charge is 0.0410 e. The first-order valence-corrected chi connectivity index (χ1v) is 8.31. The highest BCUT2D eigenvalue weighted by Crippen LogP contribution is 2.32. The monoisotopic (exact) mass is 324 g/mol. The van der Waals surface area contributed by atoms with Crippen molar-refractivity contribution in [1.29, 1.82) is 0 Å². The summed E-state index contributed by atoms with van der Waals surface area (Å²) >= 11 is 3.51. The molecule has 19 heavy (non-hydrogen) atoms. The van der Waals surface area contributed by atoms with Crippen molar-refractivity contribution in [2.45, 2.75) is 52.0 Å². The normalized spacial score (nSPS) is 25.2. The third-order valence-corrected chi connectivity index (χ3v) is 4.66. The van der Waals surface area contributed by atoms with Crippen molar-refractivity contribution in [2.75, 3.05) is 6.54 Å². The predicted molar refractivity (Wildman–Crippen MR) is 84.2 cm³/mol. The van der Waals surface area contributed by atoms with Crippen LogP contribution in [0.3, 0.4) is 0 Å². The molecule has 2 rings (SSSR count). The summed E-state index contributed by atoms with van der Waals surface area (Å²) in [5, 5.41) is 3.70. The number of hydrogen-bond acceptors (Lipinski definition) is 2. The summed E-state index contributed by atoms with van der Waals surface area (Å²) in [5.74, 6) is 1.71. The van der Waals surface area contributed by atoms with Crippen LogP contribution in [0.25, 0.3) is 0 Å². The van der Waals surface area contributed by atoms with E-state index in [1.807, 2.05) is 12.4 Å². The summed E-state index contributed by atoms with van der Waals surface area (Å²) in [6.45, 7) is 5.66. The number of likely N-dealkylation sites (N-methyl/N-ethyl adjacent to an activating group) is 1. The molecule has 1 N–H and O–H groups in total. The van der Waals surface area contributed by atoms with Gasteiger partial charge < -0.3 is 5.32 Å². The Balaban J connectivity index is 2.02. The predicted octanol–water partition coefficient (Wildman–Crippen LogP) is 4.19. The van der Waals surface area contributed by atoms with Crippen molar-refractivity contribution in [3.8, 4) is 0 Å². The van der Waals surface area contributed by atoms with Gasteiger partial charge in [0.25, 0.3) is 0 Å². The summed E-state index contributed by atoms with van der Waals surface area (Å²) < 4.78 is 1.08. The Morgan fingerprint density at radius 1 is 1.42 bits per heavy atom. The molecule has 0 spiro atoms. The lowest BCUT2D eigenvalue weighted by atomic mass is 9.77. The molecule has 1 aliphatic carbocycles. The zero-order valence-corrected chi connectivity index (χ0v) is 13.6. The summed E-state index contributed by atoms with van der Waals surface area (Å²) in [6.07, 6.45) is 10.5. The molecule has 1 fully saturated rings. The van der Waals surface area contributed by atoms with E-state index >= 15 is 0 Å². The molecule has 1 aromatic heterocycles. The zero-order chi connectivity index (χ0) is 13.7. The van der Waals surface area contributed by atoms with E-state index in [2.05, 4.69) is 46.1 Å². The molecule has 0 bridgehead atoms. The van der Waals surface area contributed by atoms with Gasteiger partial charge in [0.05, 0.1) is 0 Å². The minimum absolute atomic E-state index is 0.601. The van der Waals surface area contributed by atoms with Crippen molar-refractivity contribution in [3.05, 3.63) is 28.5 Å². The van der Waals surface area contributed by atoms with Crippen LogP contribution in [0.2, 0.25) is 0 Å². The maximum atomic E-state index is 4.28. The van der Waals surface area contributed by atoms with Gasteiger partial charge in [-0.2, -0.15) is 0 Å². The van der Waals surface area contributed by atoms with Crippen molar-refractivity contribution < 1.29 is 0 Å². The van der Waals surface area contributed by atoms with Crippen molar-refractivity contribution in [3.63, 3.8) is 0 Å². The van der Waals surface area contributed by atoms with Crippen LogP contribution in [0.15, 0.2) is 22.9 Å². The second kappa shape index (κ2) is 7.39. The number of hydrogen-bond donors (Lipinski definition) is 1. The molecule has 1 saturated carbocycles. The van der Waals surface area contributed by atoms with Crippen LogP contribution in [-0.2, 0) is 6.42 Å². The van der Waals surface area contributed by atoms with Crippen molar-refractivity contribution in [1.82, 2.24) is 10.3 Å². The fourth-order valence-corrected chi connectivity index (χ4v) is 3.75. The molecule has 0 saturated heterocycles. The van der Waals surface area contributed by atoms with Crippen molar-refractivity contribution in [2.24, 2.45) is 11.8 Å². The lowest BCUT2D eigenvalue weighted by Crippen LogP contribution is -2.40. The third kappa shape index (κ3) is 4.57. The Morgan fingerprint density at radius 3 is 2.95 bits per heavy atom. The molecule has 0 aromatic carbocycles. The summed E-state index contributed by atoms with van der Waals surface area (Å²) in [5.41, 5.74) is 1.33. The Morgan fingerprint density at radius 2 is 2.26 bits per heavy atom. The molecule has 3 atom stereocenters. The molecule has 3 heteroatoms. The van der Waals surface area contributed by atoms with Gasteiger partial charge in [-0.3, -0.25) is 4.98 Å². The van der Waals surface area contributed by atoms with E-state index < -0.39 is 0 Å². The number of rotatable bonds is 5. The molecular formula is C16H25BrN2. The van der Waals surface area contributed by atoms with Gasteiger partial charge in [-0.05, 0) is 65.2 Å². The topological polar surface area (TPSA) is 24.9 Å². The van der Waals surface area contributed by atoms with Gasteiger partial charge in [0, 0.05) is 22.9 Å². The highest BCUT2D eigenvalue weighted by Gasteiger charge is 2.26. The van der Waals surface area contributed by atoms with Crippen LogP contribution < -0.4 is 5.32 Å². The van der Waals surface area contributed by atoms with Crippen LogP contribution in [0, 0.1) is 11.8 Å². The molecule has 0 aliphatic heterocycles. The average Bonchev–Trinajstić information content (AvgIpc) is 2.38. The van der Waals surface area contributed by atoms with Gasteiger partial charge >= 0.3 is 0 Å². The summed E-state index contributed by atoms with van der Waals surface area (Å²) in [4.78, 5) is 4.28. The van der Waals surface area contributed by atoms with Gasteiger partial charge in [0.2, 0.25) is 0 Å². The Hall–Kier alpha value is -0.410. The van der Waals surface area contributed by atoms with Crippen LogP contribution in [0.5, 0.6) is 0 Å². The van der Waals surface area contributed by atoms with Crippen LogP contribution in [0.4, 0.5) is 0 Å². The van der Waals surface area contributed by atoms with Crippen LogP contribution in [-0.4, -0.2) is 17.6 Å². The van der Waals surface area contributed by atoms with Gasteiger partial charge in [-0.15, -0.1) is 0 Å². The highest BCUT2D eigenvalue weighted by atomic mass is 79.9. The number of pyridine rings is 1. The van der Waals surface area contributed by atoms with E-state index in [0.29, 0.717) is 6.04 Å². The lowest BCUT2D eigenvalue weighted by molar-refractivity contribution is 0.222. The quantitative estimate of drug-likeness (QED) is 0.878. The molecular weight excluding hydrogens is 300 g/mol. The fraction of sp³-hybridized carbons (Fsp3) is 0.688. The Bertz CT molecular complexity index is 394. The minimum atomic E-state index is 0.601. The van der Waals surface area contributed by atoms with E-state index in [9.17, 15) is 0 Å². The van der Waals surface area contributed by atoms with Crippen molar-refractivity contribution >= 4 is 15.9 Å². The van der Waals surface area contributed by atoms with E-state index in [-0.39, 0.29) is 0 Å². The first kappa shape index (κ1) is 15.0. The molecule has 0 radical (unpaired) electrons. The van der Waals surface area contributed by atoms with Crippen LogP contribution >= 0.6 is 15.9 Å². The Labute approximate surface area is 125 Å². The molecule has 2 nitrogen and oxygen atoms in total. The largest absolute Gasteiger partial charge is 0.314 e. The van der Waals surface area contributed by atoms with E-state index in [0.717, 1.165) is 29.3 Å². The standard InChI is InChI=1S/C16H25BrN2/c1-3-19-16(14-6-4-5-12(2)7-14)9-13-8-15(17)11-18-10-13/h8,10-12,14,16,19H,3-7,9H2,1-2H3. The number of nitrogens with one attached hydrogen (secondary N) is 1. The average molecular weight is 325 g/mol. The number of nitrogens with zero attached hydrogens (tertiary/aromatic N) is 1. The van der Waals surface area contributed by atoms with Crippen LogP contribution in [0.1, 0.15) is 45.1 Å². The molecule has 1 aliphatic rings. The van der Waals surface area contributed by atoms with E-state index in [1.54, 1.807) is 0 Å². The third-order valence-electron chi connectivity index (χ3n) is 4.23. The molecule has 1 heterocycles. The van der Waals surface area contributed by atoms with Gasteiger partial charge in [0.1, 0.15) is 0 Å². The minimum Gasteiger partial charge on any atom is -0.314 e. The SMILES string of the molecule is CCNC(Cc1cncc(Br)c1)C1CCCC(C)C1. The van der Waals surface area contributed by atoms with Gasteiger partial charge in [-0.1, -0.05) is 26.7 Å². The van der Waals surface area contributed by atoms with Gasteiger partial charge in [-0.25, -0.2) is 0 Å². The first-order valence-electron chi connectivity index (χ1n) is 7.51. The maximum absolute atomic E-state index is 4.28. The molecule has 3 unspecified atom stereocenters. The maximum Gasteiger partial charge on any atom is 0.0410 e. The zero-order valence-electron chi connectivity index (χ0n) is 12.0. The lowest BCUT2D eigenvalue weighted by Gasteiger charge is -2.34. The number of halogens is 1. The fourth-order valence-electron chi connectivity index (χ4n) is 3.34. The molecule has 0 amide bonds. The Kier molecular flexibility index (Phi) is 5.83. The van der Waals surface area contributed by atoms with Gasteiger partial charge in [0.15, 0.2) is 0 Å². The first-order chi connectivity index (χ1) is 9.19. The molecule has 1 aromatic rings. The second-order valence-corrected chi connectivity index (χ2v) is 6.83.